The second-order valence-corrected chi connectivity index (χ2v) is 23.1. The number of ether oxygens (including phenoxy) is 3. The third-order valence-corrected chi connectivity index (χ3v) is 9.31. The molecule has 244 valence electrons. The van der Waals surface area contributed by atoms with Gasteiger partial charge in [-0.1, -0.05) is 39.3 Å². The van der Waals surface area contributed by atoms with E-state index in [1.54, 1.807) is 32.0 Å². The Kier molecular flexibility index (Phi) is 24.5. The van der Waals surface area contributed by atoms with Crippen LogP contribution in [-0.2, 0) is 32.5 Å². The number of carboxylic acid groups (broad SMARTS) is 1. The number of carboxylic acids is 1. The van der Waals surface area contributed by atoms with E-state index in [2.05, 4.69) is 54.0 Å². The molecule has 12 nitrogen and oxygen atoms in total. The summed E-state index contributed by atoms with van der Waals surface area (Å²) in [7, 11) is 2.55. The minimum Gasteiger partial charge on any atom is -0.543 e. The van der Waals surface area contributed by atoms with E-state index in [0.29, 0.717) is 31.5 Å². The van der Waals surface area contributed by atoms with Crippen molar-refractivity contribution < 1.29 is 52.6 Å². The van der Waals surface area contributed by atoms with Crippen molar-refractivity contribution in [3.63, 3.8) is 0 Å². The molecule has 0 radical (unpaired) electrons. The van der Waals surface area contributed by atoms with Crippen molar-refractivity contribution >= 4 is 40.4 Å². The van der Waals surface area contributed by atoms with Crippen molar-refractivity contribution in [1.82, 2.24) is 24.2 Å². The first-order chi connectivity index (χ1) is 19.0. The summed E-state index contributed by atoms with van der Waals surface area (Å²) in [6, 6.07) is 2.22. The van der Waals surface area contributed by atoms with Gasteiger partial charge in [0.25, 0.3) is 5.91 Å². The molecular weight excluding hydrogens is 605 g/mol. The van der Waals surface area contributed by atoms with Crippen molar-refractivity contribution in [3.05, 3.63) is 35.4 Å². The van der Waals surface area contributed by atoms with E-state index in [9.17, 15) is 14.7 Å². The Labute approximate surface area is 278 Å². The van der Waals surface area contributed by atoms with Crippen LogP contribution in [0.2, 0.25) is 51.4 Å². The molecule has 0 aliphatic carbocycles. The molecule has 0 aliphatic heterocycles. The van der Waals surface area contributed by atoms with Gasteiger partial charge in [-0.15, -0.1) is 12.4 Å². The Bertz CT molecular complexity index is 1060. The average molecular weight is 658 g/mol. The number of hydroxylamine groups is 2. The van der Waals surface area contributed by atoms with Crippen LogP contribution in [0.4, 0.5) is 0 Å². The van der Waals surface area contributed by atoms with Crippen LogP contribution in [0.15, 0.2) is 12.7 Å². The van der Waals surface area contributed by atoms with Crippen LogP contribution in [-0.4, -0.2) is 93.3 Å². The maximum Gasteiger partial charge on any atom is 1.00 e. The summed E-state index contributed by atoms with van der Waals surface area (Å²) in [5, 5.41) is 11.8. The van der Waals surface area contributed by atoms with Gasteiger partial charge >= 0.3 is 18.9 Å². The van der Waals surface area contributed by atoms with Gasteiger partial charge in [0.2, 0.25) is 0 Å². The molecule has 0 unspecified atom stereocenters. The minimum atomic E-state index is -1.25. The number of aromatic nitrogens is 4. The molecule has 0 saturated heterocycles. The molecule has 0 spiro atoms. The summed E-state index contributed by atoms with van der Waals surface area (Å²) in [4.78, 5) is 35.4. The summed E-state index contributed by atoms with van der Waals surface area (Å²) < 4.78 is 19.2. The maximum atomic E-state index is 12.0. The smallest absolute Gasteiger partial charge is 0.543 e. The van der Waals surface area contributed by atoms with Gasteiger partial charge in [-0.2, -0.15) is 0 Å². The average Bonchev–Trinajstić information content (AvgIpc) is 3.44. The zero-order valence-electron chi connectivity index (χ0n) is 28.6. The summed E-state index contributed by atoms with van der Waals surface area (Å²) in [6.07, 6.45) is 3.09. The van der Waals surface area contributed by atoms with E-state index < -0.39 is 22.1 Å². The normalized spacial score (nSPS) is 10.8. The van der Waals surface area contributed by atoms with E-state index in [1.165, 1.54) is 13.4 Å². The molecule has 43 heavy (non-hydrogen) atoms. The summed E-state index contributed by atoms with van der Waals surface area (Å²) >= 11 is 0. The molecule has 2 rings (SSSR count). The number of rotatable bonds is 14. The Hall–Kier alpha value is -1.48. The number of hydrogen-bond acceptors (Lipinski definition) is 9. The molecule has 0 bridgehead atoms. The van der Waals surface area contributed by atoms with Crippen molar-refractivity contribution in [2.45, 2.75) is 85.6 Å². The number of hydrogen-bond donors (Lipinski definition) is 0. The van der Waals surface area contributed by atoms with Crippen LogP contribution < -0.4 is 24.0 Å². The summed E-state index contributed by atoms with van der Waals surface area (Å²) in [5.74, 6) is -1.51. The fourth-order valence-electron chi connectivity index (χ4n) is 2.87. The molecule has 0 N–H and O–H groups in total. The van der Waals surface area contributed by atoms with Crippen molar-refractivity contribution in [3.8, 4) is 0 Å². The maximum absolute atomic E-state index is 12.0. The van der Waals surface area contributed by atoms with Gasteiger partial charge in [0.05, 0.1) is 25.7 Å². The predicted molar refractivity (Wildman–Crippen MR) is 170 cm³/mol. The summed E-state index contributed by atoms with van der Waals surface area (Å²) in [5.41, 5.74) is 1.73. The molecule has 0 atom stereocenters. The predicted octanol–water partition coefficient (Wildman–Crippen LogP) is 1.08. The largest absolute Gasteiger partial charge is 1.00 e. The number of methoxy groups -OCH3 is 1. The number of halogens is 1. The van der Waals surface area contributed by atoms with Gasteiger partial charge in [0.1, 0.15) is 19.2 Å². The van der Waals surface area contributed by atoms with E-state index in [-0.39, 0.29) is 42.9 Å². The minimum absolute atomic E-state index is 0. The summed E-state index contributed by atoms with van der Waals surface area (Å²) in [6.45, 7) is 22.3. The van der Waals surface area contributed by atoms with E-state index in [4.69, 9.17) is 14.3 Å². The fraction of sp³-hybridized carbons (Fsp3) is 0.704. The van der Waals surface area contributed by atoms with Gasteiger partial charge in [-0.25, -0.2) is 15.0 Å². The van der Waals surface area contributed by atoms with Gasteiger partial charge in [-0.3, -0.25) is 9.63 Å². The number of nitrogens with zero attached hydrogens (tertiary/aromatic N) is 5. The molecule has 0 saturated carbocycles. The van der Waals surface area contributed by atoms with E-state index >= 15 is 0 Å². The molecule has 0 aliphatic rings. The zero-order valence-corrected chi connectivity index (χ0v) is 31.4. The molecule has 2 heterocycles. The number of imidazole rings is 2. The van der Waals surface area contributed by atoms with Crippen molar-refractivity contribution in [1.29, 1.82) is 0 Å². The van der Waals surface area contributed by atoms with E-state index in [1.807, 2.05) is 18.4 Å². The first kappa shape index (κ1) is 45.9. The van der Waals surface area contributed by atoms with Gasteiger partial charge in [0.15, 0.2) is 5.69 Å². The number of amides is 1. The first-order valence-corrected chi connectivity index (χ1v) is 21.1. The van der Waals surface area contributed by atoms with Crippen LogP contribution in [0, 0.1) is 13.8 Å². The third-order valence-electron chi connectivity index (χ3n) is 5.90. The van der Waals surface area contributed by atoms with Crippen LogP contribution in [0.1, 0.15) is 39.3 Å². The topological polar surface area (TPSA) is 133 Å². The van der Waals surface area contributed by atoms with Crippen LogP contribution in [0.3, 0.4) is 0 Å². The molecule has 16 heteroatoms. The van der Waals surface area contributed by atoms with Crippen molar-refractivity contribution in [2.75, 3.05) is 41.1 Å². The van der Waals surface area contributed by atoms with Gasteiger partial charge in [-0.05, 0) is 32.9 Å². The number of aromatic carboxylic acids is 1. The monoisotopic (exact) mass is 657 g/mol. The zero-order chi connectivity index (χ0) is 31.8. The van der Waals surface area contributed by atoms with Crippen LogP contribution >= 0.6 is 12.4 Å². The van der Waals surface area contributed by atoms with Crippen molar-refractivity contribution in [2.24, 2.45) is 0 Å². The second kappa shape index (κ2) is 22.9. The Morgan fingerprint density at radius 3 is 1.53 bits per heavy atom. The first-order valence-electron chi connectivity index (χ1n) is 13.7. The van der Waals surface area contributed by atoms with Crippen LogP contribution in [0.25, 0.3) is 0 Å². The Morgan fingerprint density at radius 2 is 1.23 bits per heavy atom. The standard InChI is InChI=1S/C13H25N3O3Si.C11H20N2O3Si.C3H8O.ClH.Li/c1-11-12(13(17)15(2)18-3)14-9-16(11)10-19-7-8-20(4,5)6;1-9-10(11(14)15)12-7-13(9)8-16-5-6-17(2,3)4;1-3-4-2;;/h9H,7-8,10H2,1-6H3;7H,5-6,8H2,1-4H3,(H,14,15);3H2,1-2H3;1H;/q;;;;+1/p-1. The number of carbonyl (C=O) groups is 2. The third kappa shape index (κ3) is 19.5. The molecule has 2 aromatic heterocycles. The van der Waals surface area contributed by atoms with Gasteiger partial charge in [0, 0.05) is 61.5 Å². The molecule has 0 fully saturated rings. The fourth-order valence-corrected chi connectivity index (χ4v) is 4.39. The molecule has 2 aromatic rings. The van der Waals surface area contributed by atoms with Gasteiger partial charge < -0.3 is 33.2 Å². The SMILES string of the molecule is CCOC.CON(C)C(=O)c1ncn(COCC[Si](C)(C)C)c1C.Cc1c(C(=O)[O-])ncn1COCC[Si](C)(C)C.Cl.[Li+]. The van der Waals surface area contributed by atoms with E-state index in [0.717, 1.165) is 36.1 Å². The quantitative estimate of drug-likeness (QED) is 0.166. The molecule has 1 amide bonds. The van der Waals surface area contributed by atoms with Crippen LogP contribution in [0.5, 0.6) is 0 Å². The Balaban J connectivity index is -0.000000640. The number of carbonyl (C=O) groups excluding carboxylic acids is 2. The molecule has 0 aromatic carbocycles. The Morgan fingerprint density at radius 1 is 0.860 bits per heavy atom. The second-order valence-electron chi connectivity index (χ2n) is 11.8. The molecular formula is C27H53ClLiN5O7Si2.